The molecule has 4 nitrogen and oxygen atoms in total. The molecule has 1 heterocycles. The van der Waals surface area contributed by atoms with E-state index in [0.29, 0.717) is 10.9 Å². The van der Waals surface area contributed by atoms with Crippen molar-refractivity contribution in [1.29, 1.82) is 0 Å². The summed E-state index contributed by atoms with van der Waals surface area (Å²) in [5.74, 6) is 1.25. The molecule has 21 heavy (non-hydrogen) atoms. The Morgan fingerprint density at radius 2 is 2.24 bits per heavy atom. The first-order valence-electron chi connectivity index (χ1n) is 6.93. The van der Waals surface area contributed by atoms with Crippen LogP contribution < -0.4 is 5.32 Å². The molecule has 0 aliphatic heterocycles. The number of hydrogen-bond acceptors (Lipinski definition) is 5. The molecule has 0 spiro atoms. The quantitative estimate of drug-likeness (QED) is 0.845. The van der Waals surface area contributed by atoms with Gasteiger partial charge in [-0.3, -0.25) is 10.1 Å². The molecule has 0 saturated carbocycles. The number of rotatable bonds is 7. The lowest BCUT2D eigenvalue weighted by molar-refractivity contribution is -0.113. The second kappa shape index (κ2) is 8.14. The zero-order chi connectivity index (χ0) is 15.1. The number of nitrogens with one attached hydrogen (secondary N) is 1. The fourth-order valence-corrected chi connectivity index (χ4v) is 3.47. The van der Waals surface area contributed by atoms with Crippen molar-refractivity contribution in [2.75, 3.05) is 11.1 Å². The standard InChI is InChI=1S/C15H19N3OS2/c1-3-5-14-17-18-15(21-14)16-13(19)10-20-9-12-7-4-6-11(2)8-12/h4,6-8H,3,5,9-10H2,1-2H3,(H,16,18,19). The predicted octanol–water partition coefficient (Wildman–Crippen LogP) is 3.67. The number of aromatic nitrogens is 2. The fourth-order valence-electron chi connectivity index (χ4n) is 1.84. The SMILES string of the molecule is CCCc1nnc(NC(=O)CSCc2cccc(C)c2)s1. The van der Waals surface area contributed by atoms with Gasteiger partial charge in [-0.1, -0.05) is 48.1 Å². The van der Waals surface area contributed by atoms with Gasteiger partial charge in [-0.25, -0.2) is 0 Å². The minimum atomic E-state index is -0.0214. The molecule has 1 amide bonds. The Balaban J connectivity index is 1.74. The molecule has 1 N–H and O–H groups in total. The van der Waals surface area contributed by atoms with Crippen molar-refractivity contribution in [3.8, 4) is 0 Å². The average molecular weight is 321 g/mol. The first-order chi connectivity index (χ1) is 10.2. The number of amides is 1. The molecule has 2 rings (SSSR count). The van der Waals surface area contributed by atoms with E-state index >= 15 is 0 Å². The molecule has 0 unspecified atom stereocenters. The Labute approximate surface area is 133 Å². The van der Waals surface area contributed by atoms with Crippen LogP contribution >= 0.6 is 23.1 Å². The highest BCUT2D eigenvalue weighted by molar-refractivity contribution is 7.99. The van der Waals surface area contributed by atoms with Crippen molar-refractivity contribution in [1.82, 2.24) is 10.2 Å². The van der Waals surface area contributed by atoms with Gasteiger partial charge in [-0.2, -0.15) is 0 Å². The number of hydrogen-bond donors (Lipinski definition) is 1. The normalized spacial score (nSPS) is 10.6. The van der Waals surface area contributed by atoms with Crippen molar-refractivity contribution < 1.29 is 4.79 Å². The molecular formula is C15H19N3OS2. The van der Waals surface area contributed by atoms with Gasteiger partial charge in [0.15, 0.2) is 0 Å². The number of nitrogens with zero attached hydrogens (tertiary/aromatic N) is 2. The van der Waals surface area contributed by atoms with Crippen LogP contribution in [0.4, 0.5) is 5.13 Å². The molecule has 112 valence electrons. The summed E-state index contributed by atoms with van der Waals surface area (Å²) in [5, 5.41) is 12.4. The minimum Gasteiger partial charge on any atom is -0.300 e. The van der Waals surface area contributed by atoms with Gasteiger partial charge >= 0.3 is 0 Å². The molecule has 6 heteroatoms. The van der Waals surface area contributed by atoms with E-state index in [9.17, 15) is 4.79 Å². The molecule has 0 aliphatic rings. The molecule has 0 atom stereocenters. The second-order valence-corrected chi connectivity index (χ2v) is 6.83. The van der Waals surface area contributed by atoms with Gasteiger partial charge in [0.2, 0.25) is 11.0 Å². The minimum absolute atomic E-state index is 0.0214. The van der Waals surface area contributed by atoms with Crippen LogP contribution in [0.2, 0.25) is 0 Å². The van der Waals surface area contributed by atoms with E-state index in [1.54, 1.807) is 11.8 Å². The zero-order valence-electron chi connectivity index (χ0n) is 12.3. The Hall–Kier alpha value is -1.40. The summed E-state index contributed by atoms with van der Waals surface area (Å²) in [5.41, 5.74) is 2.49. The third-order valence-electron chi connectivity index (χ3n) is 2.76. The molecule has 1 aromatic carbocycles. The van der Waals surface area contributed by atoms with Crippen LogP contribution in [-0.2, 0) is 17.0 Å². The number of carbonyl (C=O) groups is 1. The predicted molar refractivity (Wildman–Crippen MR) is 89.9 cm³/mol. The largest absolute Gasteiger partial charge is 0.300 e. The molecular weight excluding hydrogens is 302 g/mol. The van der Waals surface area contributed by atoms with Gasteiger partial charge in [0.05, 0.1) is 5.75 Å². The number of thioether (sulfide) groups is 1. The maximum absolute atomic E-state index is 11.8. The van der Waals surface area contributed by atoms with E-state index in [0.717, 1.165) is 23.6 Å². The summed E-state index contributed by atoms with van der Waals surface area (Å²) in [6.45, 7) is 4.17. The van der Waals surface area contributed by atoms with Crippen LogP contribution in [0.1, 0.15) is 29.5 Å². The Morgan fingerprint density at radius 1 is 1.38 bits per heavy atom. The lowest BCUT2D eigenvalue weighted by Crippen LogP contribution is -2.14. The van der Waals surface area contributed by atoms with Crippen molar-refractivity contribution in [3.05, 3.63) is 40.4 Å². The Kier molecular flexibility index (Phi) is 6.20. The molecule has 0 radical (unpaired) electrons. The maximum Gasteiger partial charge on any atom is 0.236 e. The highest BCUT2D eigenvalue weighted by Gasteiger charge is 2.08. The zero-order valence-corrected chi connectivity index (χ0v) is 13.9. The maximum atomic E-state index is 11.8. The van der Waals surface area contributed by atoms with Gasteiger partial charge < -0.3 is 0 Å². The monoisotopic (exact) mass is 321 g/mol. The summed E-state index contributed by atoms with van der Waals surface area (Å²) in [7, 11) is 0. The second-order valence-electron chi connectivity index (χ2n) is 4.78. The molecule has 0 fully saturated rings. The number of anilines is 1. The van der Waals surface area contributed by atoms with Crippen LogP contribution in [0.15, 0.2) is 24.3 Å². The van der Waals surface area contributed by atoms with Crippen LogP contribution in [0.5, 0.6) is 0 Å². The van der Waals surface area contributed by atoms with E-state index in [4.69, 9.17) is 0 Å². The van der Waals surface area contributed by atoms with E-state index in [2.05, 4.69) is 47.6 Å². The molecule has 1 aromatic heterocycles. The first-order valence-corrected chi connectivity index (χ1v) is 8.90. The summed E-state index contributed by atoms with van der Waals surface area (Å²) in [6.07, 6.45) is 1.95. The smallest absolute Gasteiger partial charge is 0.236 e. The van der Waals surface area contributed by atoms with Crippen molar-refractivity contribution in [2.24, 2.45) is 0 Å². The van der Waals surface area contributed by atoms with E-state index in [-0.39, 0.29) is 5.91 Å². The third kappa shape index (κ3) is 5.47. The van der Waals surface area contributed by atoms with E-state index in [1.807, 2.05) is 6.07 Å². The van der Waals surface area contributed by atoms with Gasteiger partial charge in [-0.15, -0.1) is 22.0 Å². The first kappa shape index (κ1) is 16.0. The van der Waals surface area contributed by atoms with Gasteiger partial charge in [0, 0.05) is 12.2 Å². The third-order valence-corrected chi connectivity index (χ3v) is 4.66. The number of aryl methyl sites for hydroxylation is 2. The Morgan fingerprint density at radius 3 is 3.00 bits per heavy atom. The highest BCUT2D eigenvalue weighted by atomic mass is 32.2. The molecule has 0 aliphatic carbocycles. The number of benzene rings is 1. The van der Waals surface area contributed by atoms with E-state index in [1.165, 1.54) is 22.5 Å². The van der Waals surface area contributed by atoms with Crippen LogP contribution in [0, 0.1) is 6.92 Å². The topological polar surface area (TPSA) is 54.9 Å². The average Bonchev–Trinajstić information content (AvgIpc) is 2.86. The molecule has 0 bridgehead atoms. The molecule has 2 aromatic rings. The molecule has 0 saturated heterocycles. The van der Waals surface area contributed by atoms with Gasteiger partial charge in [0.25, 0.3) is 0 Å². The van der Waals surface area contributed by atoms with E-state index < -0.39 is 0 Å². The van der Waals surface area contributed by atoms with Crippen molar-refractivity contribution in [2.45, 2.75) is 32.4 Å². The number of carbonyl (C=O) groups excluding carboxylic acids is 1. The van der Waals surface area contributed by atoms with Crippen LogP contribution in [0.3, 0.4) is 0 Å². The lowest BCUT2D eigenvalue weighted by atomic mass is 10.2. The Bertz CT molecular complexity index is 598. The summed E-state index contributed by atoms with van der Waals surface area (Å²) < 4.78 is 0. The van der Waals surface area contributed by atoms with Crippen molar-refractivity contribution in [3.63, 3.8) is 0 Å². The summed E-state index contributed by atoms with van der Waals surface area (Å²) in [6, 6.07) is 8.35. The van der Waals surface area contributed by atoms with Crippen LogP contribution in [0.25, 0.3) is 0 Å². The summed E-state index contributed by atoms with van der Waals surface area (Å²) in [4.78, 5) is 11.8. The fraction of sp³-hybridized carbons (Fsp3) is 0.400. The summed E-state index contributed by atoms with van der Waals surface area (Å²) >= 11 is 3.06. The van der Waals surface area contributed by atoms with Gasteiger partial charge in [-0.05, 0) is 18.9 Å². The van der Waals surface area contributed by atoms with Crippen molar-refractivity contribution >= 4 is 34.1 Å². The van der Waals surface area contributed by atoms with Gasteiger partial charge in [0.1, 0.15) is 5.01 Å². The van der Waals surface area contributed by atoms with Crippen LogP contribution in [-0.4, -0.2) is 21.9 Å². The lowest BCUT2D eigenvalue weighted by Gasteiger charge is -2.03. The highest BCUT2D eigenvalue weighted by Crippen LogP contribution is 2.18.